The molecule has 0 spiro atoms. The van der Waals surface area contributed by atoms with Crippen LogP contribution >= 0.6 is 7.82 Å². The summed E-state index contributed by atoms with van der Waals surface area (Å²) in [6, 6.07) is 6.26. The number of ether oxygens (including phenoxy) is 1. The van der Waals surface area contributed by atoms with E-state index in [-0.39, 0.29) is 5.75 Å². The Morgan fingerprint density at radius 3 is 2.07 bits per heavy atom. The van der Waals surface area contributed by atoms with E-state index in [9.17, 15) is 4.57 Å². The predicted octanol–water partition coefficient (Wildman–Crippen LogP) is 1.82. The maximum absolute atomic E-state index is 11.0. The molecule has 1 aromatic carbocycles. The first-order valence-electron chi connectivity index (χ1n) is 3.79. The highest BCUT2D eigenvalue weighted by molar-refractivity contribution is 7.47. The highest BCUT2D eigenvalue weighted by Gasteiger charge is 2.19. The molecule has 1 unspecified atom stereocenters. The van der Waals surface area contributed by atoms with E-state index < -0.39 is 7.82 Å². The first kappa shape index (κ1) is 11.0. The number of hydrogen-bond acceptors (Lipinski definition) is 4. The van der Waals surface area contributed by atoms with Crippen molar-refractivity contribution < 1.29 is 23.2 Å². The maximum Gasteiger partial charge on any atom is 0.527 e. The minimum atomic E-state index is -3.96. The Kier molecular flexibility index (Phi) is 3.52. The number of benzene rings is 1. The molecule has 0 radical (unpaired) electrons. The van der Waals surface area contributed by atoms with Crippen molar-refractivity contribution in [1.29, 1.82) is 0 Å². The third-order valence-corrected chi connectivity index (χ3v) is 2.41. The summed E-state index contributed by atoms with van der Waals surface area (Å²) in [4.78, 5) is 8.98. The lowest BCUT2D eigenvalue weighted by atomic mass is 10.3. The van der Waals surface area contributed by atoms with E-state index in [4.69, 9.17) is 9.63 Å². The molecule has 1 atom stereocenters. The topological polar surface area (TPSA) is 65.0 Å². The van der Waals surface area contributed by atoms with E-state index in [0.29, 0.717) is 5.75 Å². The minimum Gasteiger partial charge on any atom is -0.497 e. The fourth-order valence-electron chi connectivity index (χ4n) is 0.807. The predicted molar refractivity (Wildman–Crippen MR) is 50.5 cm³/mol. The molecule has 0 amide bonds. The monoisotopic (exact) mass is 218 g/mol. The Balaban J connectivity index is 2.74. The third kappa shape index (κ3) is 3.03. The van der Waals surface area contributed by atoms with Crippen LogP contribution in [0.5, 0.6) is 11.5 Å². The largest absolute Gasteiger partial charge is 0.527 e. The summed E-state index contributed by atoms with van der Waals surface area (Å²) >= 11 is 0. The van der Waals surface area contributed by atoms with Gasteiger partial charge in [-0.2, -0.15) is 0 Å². The lowest BCUT2D eigenvalue weighted by Crippen LogP contribution is -1.93. The van der Waals surface area contributed by atoms with Crippen LogP contribution < -0.4 is 9.26 Å². The van der Waals surface area contributed by atoms with Crippen molar-refractivity contribution in [2.45, 2.75) is 0 Å². The first-order valence-corrected chi connectivity index (χ1v) is 5.29. The average Bonchev–Trinajstić information content (AvgIpc) is 2.19. The molecule has 6 heteroatoms. The molecule has 0 aromatic heterocycles. The van der Waals surface area contributed by atoms with Gasteiger partial charge in [0, 0.05) is 7.11 Å². The van der Waals surface area contributed by atoms with Crippen LogP contribution in [0.25, 0.3) is 0 Å². The fourth-order valence-corrected chi connectivity index (χ4v) is 1.27. The smallest absolute Gasteiger partial charge is 0.497 e. The highest BCUT2D eigenvalue weighted by Crippen LogP contribution is 2.42. The molecule has 0 bridgehead atoms. The van der Waals surface area contributed by atoms with Crippen molar-refractivity contribution in [3.8, 4) is 11.5 Å². The zero-order chi connectivity index (χ0) is 10.6. The standard InChI is InChI=1S/C8H11O5P/c1-11-7-3-5-8(6-4-7)13-14(9,10)12-2/h3-6H,1-2H3,(H,9,10). The molecule has 0 fully saturated rings. The Hall–Kier alpha value is -1.03. The van der Waals surface area contributed by atoms with Gasteiger partial charge in [0.2, 0.25) is 0 Å². The molecule has 1 rings (SSSR count). The molecule has 0 aliphatic rings. The van der Waals surface area contributed by atoms with E-state index in [1.54, 1.807) is 12.1 Å². The minimum absolute atomic E-state index is 0.249. The van der Waals surface area contributed by atoms with Gasteiger partial charge >= 0.3 is 7.82 Å². The summed E-state index contributed by atoms with van der Waals surface area (Å²) < 4.78 is 24.8. The fraction of sp³-hybridized carbons (Fsp3) is 0.250. The molecule has 0 saturated carbocycles. The Bertz CT molecular complexity index is 334. The zero-order valence-electron chi connectivity index (χ0n) is 7.84. The summed E-state index contributed by atoms with van der Waals surface area (Å²) in [6.07, 6.45) is 0. The Labute approximate surface area is 81.8 Å². The number of methoxy groups -OCH3 is 1. The van der Waals surface area contributed by atoms with Crippen molar-refractivity contribution in [3.63, 3.8) is 0 Å². The van der Waals surface area contributed by atoms with Gasteiger partial charge in [-0.1, -0.05) is 0 Å². The molecular formula is C8H11O5P. The van der Waals surface area contributed by atoms with Gasteiger partial charge in [-0.3, -0.25) is 9.42 Å². The van der Waals surface area contributed by atoms with Crippen molar-refractivity contribution in [1.82, 2.24) is 0 Å². The molecule has 0 saturated heterocycles. The van der Waals surface area contributed by atoms with Gasteiger partial charge in [0.05, 0.1) is 7.11 Å². The van der Waals surface area contributed by atoms with Crippen molar-refractivity contribution in [2.75, 3.05) is 14.2 Å². The van der Waals surface area contributed by atoms with Crippen LogP contribution in [0.15, 0.2) is 24.3 Å². The normalized spacial score (nSPS) is 14.5. The average molecular weight is 218 g/mol. The van der Waals surface area contributed by atoms with Crippen LogP contribution in [0.4, 0.5) is 0 Å². The van der Waals surface area contributed by atoms with Gasteiger partial charge < -0.3 is 9.26 Å². The SMILES string of the molecule is COc1ccc(OP(=O)(O)OC)cc1. The molecular weight excluding hydrogens is 207 g/mol. The molecule has 0 aliphatic heterocycles. The lowest BCUT2D eigenvalue weighted by molar-refractivity contribution is 0.242. The van der Waals surface area contributed by atoms with E-state index in [1.165, 1.54) is 19.2 Å². The number of phosphoric acid groups is 1. The van der Waals surface area contributed by atoms with E-state index in [0.717, 1.165) is 7.11 Å². The summed E-state index contributed by atoms with van der Waals surface area (Å²) in [5.74, 6) is 0.890. The van der Waals surface area contributed by atoms with Crippen LogP contribution in [0.2, 0.25) is 0 Å². The second kappa shape index (κ2) is 4.46. The van der Waals surface area contributed by atoms with Crippen LogP contribution in [0.3, 0.4) is 0 Å². The van der Waals surface area contributed by atoms with Gasteiger partial charge in [0.25, 0.3) is 0 Å². The third-order valence-electron chi connectivity index (χ3n) is 1.51. The highest BCUT2D eigenvalue weighted by atomic mass is 31.2. The maximum atomic E-state index is 11.0. The molecule has 0 aliphatic carbocycles. The summed E-state index contributed by atoms with van der Waals surface area (Å²) in [5.41, 5.74) is 0. The summed E-state index contributed by atoms with van der Waals surface area (Å²) in [5, 5.41) is 0. The van der Waals surface area contributed by atoms with Crippen molar-refractivity contribution in [3.05, 3.63) is 24.3 Å². The second-order valence-corrected chi connectivity index (χ2v) is 3.90. The van der Waals surface area contributed by atoms with Gasteiger partial charge in [0.1, 0.15) is 11.5 Å². The van der Waals surface area contributed by atoms with Gasteiger partial charge in [0.15, 0.2) is 0 Å². The Morgan fingerprint density at radius 1 is 1.14 bits per heavy atom. The molecule has 1 N–H and O–H groups in total. The number of phosphoric ester groups is 1. The lowest BCUT2D eigenvalue weighted by Gasteiger charge is -2.10. The molecule has 5 nitrogen and oxygen atoms in total. The van der Waals surface area contributed by atoms with Gasteiger partial charge in [-0.05, 0) is 24.3 Å². The molecule has 1 aromatic rings. The van der Waals surface area contributed by atoms with Crippen LogP contribution in [0.1, 0.15) is 0 Å². The van der Waals surface area contributed by atoms with E-state index in [2.05, 4.69) is 9.05 Å². The first-order chi connectivity index (χ1) is 6.57. The van der Waals surface area contributed by atoms with E-state index >= 15 is 0 Å². The molecule has 14 heavy (non-hydrogen) atoms. The summed E-state index contributed by atoms with van der Waals surface area (Å²) in [7, 11) is -1.33. The summed E-state index contributed by atoms with van der Waals surface area (Å²) in [6.45, 7) is 0. The zero-order valence-corrected chi connectivity index (χ0v) is 8.73. The number of rotatable bonds is 4. The van der Waals surface area contributed by atoms with Crippen LogP contribution in [-0.2, 0) is 9.09 Å². The van der Waals surface area contributed by atoms with Crippen molar-refractivity contribution >= 4 is 7.82 Å². The van der Waals surface area contributed by atoms with Gasteiger partial charge in [-0.15, -0.1) is 0 Å². The molecule has 78 valence electrons. The van der Waals surface area contributed by atoms with Crippen LogP contribution in [-0.4, -0.2) is 19.1 Å². The van der Waals surface area contributed by atoms with E-state index in [1.807, 2.05) is 0 Å². The van der Waals surface area contributed by atoms with Crippen molar-refractivity contribution in [2.24, 2.45) is 0 Å². The van der Waals surface area contributed by atoms with Crippen LogP contribution in [0, 0.1) is 0 Å². The van der Waals surface area contributed by atoms with Gasteiger partial charge in [-0.25, -0.2) is 4.57 Å². The molecule has 0 heterocycles. The second-order valence-electron chi connectivity index (χ2n) is 2.42. The quantitative estimate of drug-likeness (QED) is 0.781. The number of hydrogen-bond donors (Lipinski definition) is 1. The Morgan fingerprint density at radius 2 is 1.64 bits per heavy atom.